The second-order valence-corrected chi connectivity index (χ2v) is 7.64. The van der Waals surface area contributed by atoms with Gasteiger partial charge in [-0.15, -0.1) is 0 Å². The minimum absolute atomic E-state index is 0.128. The zero-order chi connectivity index (χ0) is 15.2. The minimum Gasteiger partial charge on any atom is -0.497 e. The Balaban J connectivity index is 2.75. The van der Waals surface area contributed by atoms with Crippen LogP contribution in [-0.2, 0) is 9.84 Å². The second kappa shape index (κ2) is 7.64. The van der Waals surface area contributed by atoms with Gasteiger partial charge in [0.15, 0.2) is 9.84 Å². The molecule has 0 aliphatic heterocycles. The van der Waals surface area contributed by atoms with E-state index < -0.39 is 9.84 Å². The van der Waals surface area contributed by atoms with Crippen LogP contribution in [0.25, 0.3) is 0 Å². The van der Waals surface area contributed by atoms with Crippen molar-refractivity contribution in [3.05, 3.63) is 29.8 Å². The number of nitrogens with one attached hydrogen (secondary N) is 1. The first kappa shape index (κ1) is 17.0. The van der Waals surface area contributed by atoms with Gasteiger partial charge in [0.05, 0.1) is 18.6 Å². The molecule has 5 heteroatoms. The van der Waals surface area contributed by atoms with E-state index in [-0.39, 0.29) is 17.5 Å². The summed E-state index contributed by atoms with van der Waals surface area (Å²) in [7, 11) is 0.351. The molecule has 0 amide bonds. The van der Waals surface area contributed by atoms with Crippen molar-refractivity contribution in [3.8, 4) is 5.75 Å². The molecular formula is C15H25NO3S. The van der Waals surface area contributed by atoms with Gasteiger partial charge < -0.3 is 10.1 Å². The van der Waals surface area contributed by atoms with Crippen LogP contribution in [0.4, 0.5) is 0 Å². The first-order chi connectivity index (χ1) is 9.38. The van der Waals surface area contributed by atoms with E-state index in [1.807, 2.05) is 38.1 Å². The highest BCUT2D eigenvalue weighted by Gasteiger charge is 2.19. The molecule has 1 unspecified atom stereocenters. The number of methoxy groups -OCH3 is 1. The van der Waals surface area contributed by atoms with Crippen LogP contribution in [0.1, 0.15) is 31.9 Å². The van der Waals surface area contributed by atoms with Gasteiger partial charge in [0.25, 0.3) is 0 Å². The fourth-order valence-electron chi connectivity index (χ4n) is 1.93. The summed E-state index contributed by atoms with van der Waals surface area (Å²) >= 11 is 0. The number of benzene rings is 1. The minimum atomic E-state index is -3.05. The topological polar surface area (TPSA) is 55.4 Å². The molecule has 20 heavy (non-hydrogen) atoms. The molecule has 1 atom stereocenters. The average Bonchev–Trinajstić information content (AvgIpc) is 2.43. The van der Waals surface area contributed by atoms with Gasteiger partial charge in [-0.3, -0.25) is 0 Å². The molecule has 0 heterocycles. The van der Waals surface area contributed by atoms with E-state index in [1.54, 1.807) is 14.2 Å². The van der Waals surface area contributed by atoms with E-state index in [0.29, 0.717) is 12.3 Å². The highest BCUT2D eigenvalue weighted by atomic mass is 32.2. The van der Waals surface area contributed by atoms with Crippen LogP contribution in [-0.4, -0.2) is 34.1 Å². The van der Waals surface area contributed by atoms with E-state index in [4.69, 9.17) is 4.74 Å². The summed E-state index contributed by atoms with van der Waals surface area (Å²) in [6.45, 7) is 4.07. The lowest BCUT2D eigenvalue weighted by molar-refractivity contribution is 0.414. The van der Waals surface area contributed by atoms with Gasteiger partial charge in [-0.25, -0.2) is 8.42 Å². The van der Waals surface area contributed by atoms with Gasteiger partial charge >= 0.3 is 0 Å². The average molecular weight is 299 g/mol. The SMILES string of the molecule is CNC(CS(=O)(=O)CCC(C)C)c1ccc(OC)cc1. The molecule has 0 bridgehead atoms. The summed E-state index contributed by atoms with van der Waals surface area (Å²) in [5.74, 6) is 1.55. The maximum absolute atomic E-state index is 12.1. The molecule has 0 saturated heterocycles. The third-order valence-electron chi connectivity index (χ3n) is 3.29. The Morgan fingerprint density at radius 3 is 2.25 bits per heavy atom. The number of rotatable bonds is 8. The largest absolute Gasteiger partial charge is 0.497 e. The van der Waals surface area contributed by atoms with Crippen molar-refractivity contribution in [3.63, 3.8) is 0 Å². The lowest BCUT2D eigenvalue weighted by Gasteiger charge is -2.17. The molecule has 0 radical (unpaired) electrons. The molecule has 114 valence electrons. The van der Waals surface area contributed by atoms with Crippen LogP contribution < -0.4 is 10.1 Å². The monoisotopic (exact) mass is 299 g/mol. The van der Waals surface area contributed by atoms with E-state index in [9.17, 15) is 8.42 Å². The Labute approximate surface area is 122 Å². The van der Waals surface area contributed by atoms with Crippen molar-refractivity contribution >= 4 is 9.84 Å². The lowest BCUT2D eigenvalue weighted by atomic mass is 10.1. The molecule has 0 spiro atoms. The summed E-state index contributed by atoms with van der Waals surface area (Å²) in [5, 5.41) is 3.08. The highest BCUT2D eigenvalue weighted by Crippen LogP contribution is 2.19. The number of hydrogen-bond donors (Lipinski definition) is 1. The molecule has 0 aliphatic rings. The fraction of sp³-hybridized carbons (Fsp3) is 0.600. The number of hydrogen-bond acceptors (Lipinski definition) is 4. The predicted molar refractivity (Wildman–Crippen MR) is 82.9 cm³/mol. The van der Waals surface area contributed by atoms with Gasteiger partial charge in [0.2, 0.25) is 0 Å². The Hall–Kier alpha value is -1.07. The quantitative estimate of drug-likeness (QED) is 0.801. The summed E-state index contributed by atoms with van der Waals surface area (Å²) in [4.78, 5) is 0. The smallest absolute Gasteiger partial charge is 0.152 e. The zero-order valence-corrected chi connectivity index (χ0v) is 13.5. The Kier molecular flexibility index (Phi) is 6.49. The van der Waals surface area contributed by atoms with Crippen molar-refractivity contribution in [2.24, 2.45) is 5.92 Å². The fourth-order valence-corrected chi connectivity index (χ4v) is 3.80. The van der Waals surface area contributed by atoms with Crippen LogP contribution >= 0.6 is 0 Å². The molecule has 0 aliphatic carbocycles. The van der Waals surface area contributed by atoms with Gasteiger partial charge in [0, 0.05) is 6.04 Å². The van der Waals surface area contributed by atoms with E-state index in [0.717, 1.165) is 11.3 Å². The van der Waals surface area contributed by atoms with Gasteiger partial charge in [0.1, 0.15) is 5.75 Å². The van der Waals surface area contributed by atoms with Gasteiger partial charge in [-0.1, -0.05) is 26.0 Å². The third-order valence-corrected chi connectivity index (χ3v) is 4.99. The van der Waals surface area contributed by atoms with Crippen LogP contribution in [0.2, 0.25) is 0 Å². The van der Waals surface area contributed by atoms with Crippen LogP contribution in [0.3, 0.4) is 0 Å². The standard InChI is InChI=1S/C15H25NO3S/c1-12(2)9-10-20(17,18)11-15(16-3)13-5-7-14(19-4)8-6-13/h5-8,12,15-16H,9-11H2,1-4H3. The summed E-state index contributed by atoms with van der Waals surface area (Å²) in [6.07, 6.45) is 0.710. The number of ether oxygens (including phenoxy) is 1. The Bertz CT molecular complexity index is 494. The predicted octanol–water partition coefficient (Wildman–Crippen LogP) is 2.42. The van der Waals surface area contributed by atoms with Crippen molar-refractivity contribution in [1.82, 2.24) is 5.32 Å². The van der Waals surface area contributed by atoms with Crippen LogP contribution in [0, 0.1) is 5.92 Å². The molecule has 1 aromatic carbocycles. The molecule has 0 saturated carbocycles. The summed E-state index contributed by atoms with van der Waals surface area (Å²) in [5.41, 5.74) is 0.960. The normalized spacial score (nSPS) is 13.4. The van der Waals surface area contributed by atoms with Gasteiger partial charge in [-0.05, 0) is 37.1 Å². The van der Waals surface area contributed by atoms with E-state index in [2.05, 4.69) is 5.32 Å². The third kappa shape index (κ3) is 5.51. The molecule has 1 rings (SSSR count). The molecule has 1 N–H and O–H groups in total. The summed E-state index contributed by atoms with van der Waals surface area (Å²) < 4.78 is 29.4. The first-order valence-electron chi connectivity index (χ1n) is 6.89. The van der Waals surface area contributed by atoms with E-state index >= 15 is 0 Å². The number of sulfone groups is 1. The van der Waals surface area contributed by atoms with Crippen LogP contribution in [0.5, 0.6) is 5.75 Å². The maximum Gasteiger partial charge on any atom is 0.152 e. The molecule has 4 nitrogen and oxygen atoms in total. The van der Waals surface area contributed by atoms with Crippen molar-refractivity contribution in [1.29, 1.82) is 0 Å². The molecule has 0 fully saturated rings. The molecule has 1 aromatic rings. The van der Waals surface area contributed by atoms with Crippen molar-refractivity contribution in [2.75, 3.05) is 25.7 Å². The van der Waals surface area contributed by atoms with E-state index in [1.165, 1.54) is 0 Å². The van der Waals surface area contributed by atoms with Crippen molar-refractivity contribution in [2.45, 2.75) is 26.3 Å². The Morgan fingerprint density at radius 2 is 1.80 bits per heavy atom. The van der Waals surface area contributed by atoms with Gasteiger partial charge in [-0.2, -0.15) is 0 Å². The highest BCUT2D eigenvalue weighted by molar-refractivity contribution is 7.91. The first-order valence-corrected chi connectivity index (χ1v) is 8.71. The van der Waals surface area contributed by atoms with Crippen LogP contribution in [0.15, 0.2) is 24.3 Å². The lowest BCUT2D eigenvalue weighted by Crippen LogP contribution is -2.27. The second-order valence-electron chi connectivity index (χ2n) is 5.41. The molecule has 0 aromatic heterocycles. The molecular weight excluding hydrogens is 274 g/mol. The zero-order valence-electron chi connectivity index (χ0n) is 12.7. The summed E-state index contributed by atoms with van der Waals surface area (Å²) in [6, 6.07) is 7.31. The maximum atomic E-state index is 12.1. The van der Waals surface area contributed by atoms with Crippen molar-refractivity contribution < 1.29 is 13.2 Å². The Morgan fingerprint density at radius 1 is 1.20 bits per heavy atom.